The van der Waals surface area contributed by atoms with Crippen molar-refractivity contribution in [3.8, 4) is 11.1 Å². The quantitative estimate of drug-likeness (QED) is 0.0979. The highest BCUT2D eigenvalue weighted by Crippen LogP contribution is 2.20. The van der Waals surface area contributed by atoms with Gasteiger partial charge in [0.25, 0.3) is 5.91 Å². The minimum atomic E-state index is -0.925. The fourth-order valence-electron chi connectivity index (χ4n) is 4.43. The molecule has 0 radical (unpaired) electrons. The van der Waals surface area contributed by atoms with Gasteiger partial charge in [0.15, 0.2) is 0 Å². The third-order valence-corrected chi connectivity index (χ3v) is 6.85. The summed E-state index contributed by atoms with van der Waals surface area (Å²) in [5, 5.41) is 8.39. The van der Waals surface area contributed by atoms with Gasteiger partial charge in [0.2, 0.25) is 5.91 Å². The van der Waals surface area contributed by atoms with Crippen LogP contribution in [0.1, 0.15) is 34.3 Å². The first-order chi connectivity index (χ1) is 21.9. The van der Waals surface area contributed by atoms with E-state index in [4.69, 9.17) is 4.74 Å². The number of hydrogen-bond acceptors (Lipinski definition) is 6. The molecule has 3 N–H and O–H groups in total. The Balaban J connectivity index is 1.41. The zero-order valence-electron chi connectivity index (χ0n) is 24.9. The van der Waals surface area contributed by atoms with Gasteiger partial charge < -0.3 is 25.4 Å². The van der Waals surface area contributed by atoms with Crippen LogP contribution in [0, 0.1) is 0 Å². The maximum Gasteiger partial charge on any atom is 0.407 e. The van der Waals surface area contributed by atoms with Gasteiger partial charge in [-0.05, 0) is 59.4 Å². The molecule has 0 saturated carbocycles. The van der Waals surface area contributed by atoms with Gasteiger partial charge in [-0.15, -0.1) is 0 Å². The number of ether oxygens (including phenoxy) is 2. The van der Waals surface area contributed by atoms with E-state index < -0.39 is 29.9 Å². The van der Waals surface area contributed by atoms with Crippen molar-refractivity contribution in [1.29, 1.82) is 0 Å². The summed E-state index contributed by atoms with van der Waals surface area (Å²) in [4.78, 5) is 50.5. The van der Waals surface area contributed by atoms with Crippen LogP contribution in [0.4, 0.5) is 10.5 Å². The van der Waals surface area contributed by atoms with Crippen LogP contribution in [-0.2, 0) is 25.7 Å². The molecule has 0 unspecified atom stereocenters. The van der Waals surface area contributed by atoms with Gasteiger partial charge in [-0.25, -0.2) is 9.59 Å². The third-order valence-electron chi connectivity index (χ3n) is 6.85. The van der Waals surface area contributed by atoms with E-state index in [-0.39, 0.29) is 19.6 Å². The van der Waals surface area contributed by atoms with E-state index in [1.165, 1.54) is 19.3 Å². The molecule has 0 aliphatic carbocycles. The number of para-hydroxylation sites is 1. The van der Waals surface area contributed by atoms with Gasteiger partial charge in [-0.3, -0.25) is 9.59 Å². The van der Waals surface area contributed by atoms with E-state index in [1.54, 1.807) is 36.4 Å². The molecule has 0 saturated heterocycles. The summed E-state index contributed by atoms with van der Waals surface area (Å²) in [7, 11) is 1.28. The number of nitrogens with one attached hydrogen (secondary N) is 3. The van der Waals surface area contributed by atoms with Crippen LogP contribution in [0.5, 0.6) is 0 Å². The minimum absolute atomic E-state index is 0.140. The largest absolute Gasteiger partial charge is 0.466 e. The molecule has 9 nitrogen and oxygen atoms in total. The molecule has 4 rings (SSSR count). The average Bonchev–Trinajstić information content (AvgIpc) is 3.08. The van der Waals surface area contributed by atoms with Crippen LogP contribution in [0.25, 0.3) is 17.2 Å². The summed E-state index contributed by atoms with van der Waals surface area (Å²) in [5.41, 5.74) is 4.29. The Morgan fingerprint density at radius 3 is 2.13 bits per heavy atom. The summed E-state index contributed by atoms with van der Waals surface area (Å²) < 4.78 is 9.91. The zero-order valence-corrected chi connectivity index (χ0v) is 24.9. The highest BCUT2D eigenvalue weighted by molar-refractivity contribution is 6.02. The molecule has 4 aromatic carbocycles. The Kier molecular flexibility index (Phi) is 12.0. The summed E-state index contributed by atoms with van der Waals surface area (Å²) in [6, 6.07) is 32.3. The summed E-state index contributed by atoms with van der Waals surface area (Å²) in [5.74, 6) is -1.40. The van der Waals surface area contributed by atoms with Crippen LogP contribution in [0.3, 0.4) is 0 Å². The lowest BCUT2D eigenvalue weighted by Gasteiger charge is -2.20. The SMILES string of the molecule is COC(=O)C=Cc1ccccc1NC(=O)[C@H](CCCNC(=O)OCc1ccccc1)NC(=O)c1ccc(-c2ccccc2)cc1. The van der Waals surface area contributed by atoms with Crippen LogP contribution in [-0.4, -0.2) is 43.6 Å². The third kappa shape index (κ3) is 10.2. The van der Waals surface area contributed by atoms with Crippen LogP contribution < -0.4 is 16.0 Å². The number of esters is 1. The molecule has 9 heteroatoms. The number of methoxy groups -OCH3 is 1. The Morgan fingerprint density at radius 1 is 0.778 bits per heavy atom. The smallest absolute Gasteiger partial charge is 0.407 e. The Labute approximate surface area is 262 Å². The molecule has 0 spiro atoms. The number of alkyl carbamates (subject to hydrolysis) is 1. The standard InChI is InChI=1S/C36H35N3O6/c1-44-33(40)23-22-29-15-8-9-16-31(29)38-35(42)32(17-10-24-37-36(43)45-25-26-11-4-2-5-12-26)39-34(41)30-20-18-28(19-21-30)27-13-6-3-7-14-27/h2-9,11-16,18-23,32H,10,17,24-25H2,1H3,(H,37,43)(H,38,42)(H,39,41)/t32-/m0/s1. The molecule has 230 valence electrons. The molecule has 0 heterocycles. The van der Waals surface area contributed by atoms with Crippen molar-refractivity contribution in [3.05, 3.63) is 132 Å². The van der Waals surface area contributed by atoms with Crippen molar-refractivity contribution in [3.63, 3.8) is 0 Å². The number of hydrogen-bond donors (Lipinski definition) is 3. The van der Waals surface area contributed by atoms with Crippen molar-refractivity contribution in [1.82, 2.24) is 10.6 Å². The summed E-state index contributed by atoms with van der Waals surface area (Å²) in [6.45, 7) is 0.373. The molecule has 0 aliphatic rings. The van der Waals surface area contributed by atoms with E-state index in [0.29, 0.717) is 23.2 Å². The highest BCUT2D eigenvalue weighted by atomic mass is 16.5. The molecule has 45 heavy (non-hydrogen) atoms. The number of carbonyl (C=O) groups excluding carboxylic acids is 4. The van der Waals surface area contributed by atoms with Crippen LogP contribution in [0.15, 0.2) is 115 Å². The minimum Gasteiger partial charge on any atom is -0.466 e. The summed E-state index contributed by atoms with van der Waals surface area (Å²) >= 11 is 0. The van der Waals surface area contributed by atoms with Gasteiger partial charge in [0, 0.05) is 23.9 Å². The van der Waals surface area contributed by atoms with Gasteiger partial charge in [-0.2, -0.15) is 0 Å². The Morgan fingerprint density at radius 2 is 1.42 bits per heavy atom. The predicted molar refractivity (Wildman–Crippen MR) is 173 cm³/mol. The average molecular weight is 606 g/mol. The molecular weight excluding hydrogens is 570 g/mol. The first kappa shape index (κ1) is 32.2. The number of anilines is 1. The van der Waals surface area contributed by atoms with Crippen LogP contribution >= 0.6 is 0 Å². The molecule has 0 aromatic heterocycles. The molecular formula is C36H35N3O6. The van der Waals surface area contributed by atoms with Gasteiger partial charge in [0.1, 0.15) is 12.6 Å². The lowest BCUT2D eigenvalue weighted by Crippen LogP contribution is -2.44. The molecule has 0 bridgehead atoms. The molecule has 0 fully saturated rings. The first-order valence-corrected chi connectivity index (χ1v) is 14.5. The number of benzene rings is 4. The van der Waals surface area contributed by atoms with E-state index in [2.05, 4.69) is 20.7 Å². The number of carbonyl (C=O) groups is 4. The first-order valence-electron chi connectivity index (χ1n) is 14.5. The van der Waals surface area contributed by atoms with Gasteiger partial charge in [0.05, 0.1) is 7.11 Å². The van der Waals surface area contributed by atoms with Gasteiger partial charge in [-0.1, -0.05) is 91.0 Å². The monoisotopic (exact) mass is 605 g/mol. The normalized spacial score (nSPS) is 11.3. The van der Waals surface area contributed by atoms with Crippen molar-refractivity contribution in [2.24, 2.45) is 0 Å². The second kappa shape index (κ2) is 16.8. The topological polar surface area (TPSA) is 123 Å². The molecule has 1 atom stereocenters. The predicted octanol–water partition coefficient (Wildman–Crippen LogP) is 5.98. The van der Waals surface area contributed by atoms with Crippen LogP contribution in [0.2, 0.25) is 0 Å². The fraction of sp³-hybridized carbons (Fsp3) is 0.167. The second-order valence-corrected chi connectivity index (χ2v) is 10.0. The van der Waals surface area contributed by atoms with E-state index >= 15 is 0 Å². The number of rotatable bonds is 13. The lowest BCUT2D eigenvalue weighted by molar-refractivity contribution is -0.134. The molecule has 4 aromatic rings. The zero-order chi connectivity index (χ0) is 31.9. The van der Waals surface area contributed by atoms with E-state index in [9.17, 15) is 19.2 Å². The maximum atomic E-state index is 13.5. The second-order valence-electron chi connectivity index (χ2n) is 10.0. The van der Waals surface area contributed by atoms with Crippen molar-refractivity contribution in [2.45, 2.75) is 25.5 Å². The van der Waals surface area contributed by atoms with Crippen molar-refractivity contribution in [2.75, 3.05) is 19.0 Å². The Hall–Kier alpha value is -5.70. The van der Waals surface area contributed by atoms with Gasteiger partial charge >= 0.3 is 12.1 Å². The summed E-state index contributed by atoms with van der Waals surface area (Å²) in [6.07, 6.45) is 2.84. The Bertz CT molecular complexity index is 1610. The van der Waals surface area contributed by atoms with E-state index in [0.717, 1.165) is 16.7 Å². The molecule has 3 amide bonds. The highest BCUT2D eigenvalue weighted by Gasteiger charge is 2.22. The maximum absolute atomic E-state index is 13.5. The van der Waals surface area contributed by atoms with Crippen molar-refractivity contribution < 1.29 is 28.7 Å². The number of amides is 3. The van der Waals surface area contributed by atoms with E-state index in [1.807, 2.05) is 72.8 Å². The molecule has 0 aliphatic heterocycles. The lowest BCUT2D eigenvalue weighted by atomic mass is 10.0. The fourth-order valence-corrected chi connectivity index (χ4v) is 4.43. The van der Waals surface area contributed by atoms with Crippen molar-refractivity contribution >= 4 is 35.6 Å².